The van der Waals surface area contributed by atoms with Gasteiger partial charge in [0.15, 0.2) is 5.65 Å². The number of nitrogens with zero attached hydrogens (tertiary/aromatic N) is 4. The molecule has 1 aliphatic rings. The first kappa shape index (κ1) is 21.2. The maximum Gasteiger partial charge on any atom is 0.253 e. The molecular weight excluding hydrogens is 412 g/mol. The monoisotopic (exact) mass is 440 g/mol. The largest absolute Gasteiger partial charge is 0.388 e. The van der Waals surface area contributed by atoms with Crippen LogP contribution in [0.15, 0.2) is 48.8 Å². The van der Waals surface area contributed by atoms with Gasteiger partial charge in [0, 0.05) is 62.8 Å². The van der Waals surface area contributed by atoms with Crippen LogP contribution < -0.4 is 5.32 Å². The van der Waals surface area contributed by atoms with Crippen LogP contribution in [0, 0.1) is 0 Å². The van der Waals surface area contributed by atoms with Crippen LogP contribution >= 0.6 is 0 Å². The third-order valence-electron chi connectivity index (χ3n) is 6.32. The Bertz CT molecular complexity index is 1340. The van der Waals surface area contributed by atoms with Crippen molar-refractivity contribution in [2.24, 2.45) is 0 Å². The smallest absolute Gasteiger partial charge is 0.253 e. The standard InChI is InChI=1S/C26H28N6O/c1-27-22-12-18(11-19-15-32(4)10-9-20(19)22)23-14-29-25-24(30-23)21(13-28-25)16-5-7-17(8-6-16)26(33)31(2)3/h5-8,11-14,27H,9-10,15H2,1-4H3,(H,28,29). The lowest BCUT2D eigenvalue weighted by Crippen LogP contribution is -2.27. The second-order valence-electron chi connectivity index (χ2n) is 8.83. The van der Waals surface area contributed by atoms with Crippen molar-refractivity contribution in [1.29, 1.82) is 0 Å². The van der Waals surface area contributed by atoms with E-state index in [2.05, 4.69) is 39.4 Å². The Morgan fingerprint density at radius 2 is 1.94 bits per heavy atom. The van der Waals surface area contributed by atoms with Crippen molar-refractivity contribution in [3.05, 3.63) is 65.5 Å². The number of carbonyl (C=O) groups is 1. The lowest BCUT2D eigenvalue weighted by atomic mass is 9.94. The molecule has 2 aromatic heterocycles. The van der Waals surface area contributed by atoms with Crippen molar-refractivity contribution < 1.29 is 4.79 Å². The summed E-state index contributed by atoms with van der Waals surface area (Å²) >= 11 is 0. The number of amides is 1. The van der Waals surface area contributed by atoms with Crippen LogP contribution in [-0.4, -0.2) is 65.4 Å². The van der Waals surface area contributed by atoms with E-state index in [1.165, 1.54) is 11.1 Å². The first-order valence-corrected chi connectivity index (χ1v) is 11.1. The molecule has 2 N–H and O–H groups in total. The number of carbonyl (C=O) groups excluding carboxylic acids is 1. The molecule has 7 nitrogen and oxygen atoms in total. The van der Waals surface area contributed by atoms with Gasteiger partial charge in [-0.3, -0.25) is 4.79 Å². The van der Waals surface area contributed by atoms with Crippen LogP contribution in [0.2, 0.25) is 0 Å². The number of fused-ring (bicyclic) bond motifs is 2. The second-order valence-corrected chi connectivity index (χ2v) is 8.83. The number of anilines is 1. The van der Waals surface area contributed by atoms with E-state index in [9.17, 15) is 4.79 Å². The minimum absolute atomic E-state index is 0.0130. The van der Waals surface area contributed by atoms with E-state index in [4.69, 9.17) is 4.98 Å². The summed E-state index contributed by atoms with van der Waals surface area (Å²) in [6.45, 7) is 2.00. The molecule has 0 unspecified atom stereocenters. The van der Waals surface area contributed by atoms with E-state index in [-0.39, 0.29) is 5.91 Å². The zero-order valence-corrected chi connectivity index (χ0v) is 19.4. The van der Waals surface area contributed by atoms with Gasteiger partial charge in [0.1, 0.15) is 5.52 Å². The predicted octanol–water partition coefficient (Wildman–Crippen LogP) is 4.02. The topological polar surface area (TPSA) is 77.1 Å². The van der Waals surface area contributed by atoms with E-state index in [0.717, 1.165) is 58.7 Å². The van der Waals surface area contributed by atoms with Crippen molar-refractivity contribution in [3.63, 3.8) is 0 Å². The molecule has 0 bridgehead atoms. The van der Waals surface area contributed by atoms with E-state index in [1.807, 2.05) is 43.7 Å². The van der Waals surface area contributed by atoms with Gasteiger partial charge in [0.2, 0.25) is 0 Å². The summed E-state index contributed by atoms with van der Waals surface area (Å²) in [7, 11) is 7.64. The Kier molecular flexibility index (Phi) is 5.34. The number of benzene rings is 2. The Hall–Kier alpha value is -3.71. The lowest BCUT2D eigenvalue weighted by molar-refractivity contribution is 0.0827. The quantitative estimate of drug-likeness (QED) is 0.501. The van der Waals surface area contributed by atoms with Gasteiger partial charge in [-0.1, -0.05) is 12.1 Å². The zero-order valence-electron chi connectivity index (χ0n) is 19.4. The Labute approximate surface area is 193 Å². The third-order valence-corrected chi connectivity index (χ3v) is 6.32. The summed E-state index contributed by atoms with van der Waals surface area (Å²) in [4.78, 5) is 29.0. The molecule has 0 saturated heterocycles. The van der Waals surface area contributed by atoms with Crippen LogP contribution in [0.1, 0.15) is 21.5 Å². The highest BCUT2D eigenvalue weighted by molar-refractivity contribution is 5.96. The maximum atomic E-state index is 12.2. The highest BCUT2D eigenvalue weighted by Gasteiger charge is 2.19. The van der Waals surface area contributed by atoms with Crippen molar-refractivity contribution >= 4 is 22.8 Å². The molecule has 0 saturated carbocycles. The average molecular weight is 441 g/mol. The number of aromatic nitrogens is 3. The molecule has 3 heterocycles. The highest BCUT2D eigenvalue weighted by atomic mass is 16.2. The van der Waals surface area contributed by atoms with Crippen molar-refractivity contribution in [1.82, 2.24) is 24.8 Å². The fraction of sp³-hybridized carbons (Fsp3) is 0.269. The first-order chi connectivity index (χ1) is 15.9. The minimum atomic E-state index is -0.0130. The summed E-state index contributed by atoms with van der Waals surface area (Å²) in [6, 6.07) is 12.0. The average Bonchev–Trinajstić information content (AvgIpc) is 3.26. The number of nitrogens with one attached hydrogen (secondary N) is 2. The number of hydrogen-bond donors (Lipinski definition) is 2. The van der Waals surface area contributed by atoms with Crippen LogP contribution in [0.5, 0.6) is 0 Å². The molecule has 1 amide bonds. The Morgan fingerprint density at radius 1 is 1.15 bits per heavy atom. The number of H-pyrrole nitrogens is 1. The Balaban J connectivity index is 1.56. The molecular formula is C26H28N6O. The summed E-state index contributed by atoms with van der Waals surface area (Å²) in [5, 5.41) is 3.37. The van der Waals surface area contributed by atoms with Crippen molar-refractivity contribution in [3.8, 4) is 22.4 Å². The summed E-state index contributed by atoms with van der Waals surface area (Å²) in [5.41, 5.74) is 9.97. The van der Waals surface area contributed by atoms with Gasteiger partial charge in [-0.25, -0.2) is 9.97 Å². The molecule has 168 valence electrons. The molecule has 0 aliphatic carbocycles. The van der Waals surface area contributed by atoms with Crippen molar-refractivity contribution in [2.45, 2.75) is 13.0 Å². The second kappa shape index (κ2) is 8.33. The number of aromatic amines is 1. The van der Waals surface area contributed by atoms with Gasteiger partial charge in [0.05, 0.1) is 11.9 Å². The van der Waals surface area contributed by atoms with E-state index in [0.29, 0.717) is 5.56 Å². The number of hydrogen-bond acceptors (Lipinski definition) is 5. The van der Waals surface area contributed by atoms with Gasteiger partial charge in [-0.2, -0.15) is 0 Å². The van der Waals surface area contributed by atoms with E-state index >= 15 is 0 Å². The molecule has 1 aliphatic heterocycles. The SMILES string of the molecule is CNc1cc(-c2cnc3[nH]cc(-c4ccc(C(=O)N(C)C)cc4)c3n2)cc2c1CCN(C)C2. The summed E-state index contributed by atoms with van der Waals surface area (Å²) < 4.78 is 0. The van der Waals surface area contributed by atoms with Crippen LogP contribution in [0.4, 0.5) is 5.69 Å². The third kappa shape index (κ3) is 3.85. The number of likely N-dealkylation sites (N-methyl/N-ethyl adjacent to an activating group) is 1. The maximum absolute atomic E-state index is 12.2. The molecule has 4 aromatic rings. The molecule has 0 radical (unpaired) electrons. The molecule has 0 fully saturated rings. The molecule has 5 rings (SSSR count). The molecule has 33 heavy (non-hydrogen) atoms. The van der Waals surface area contributed by atoms with Crippen LogP contribution in [-0.2, 0) is 13.0 Å². The van der Waals surface area contributed by atoms with Gasteiger partial charge in [-0.15, -0.1) is 0 Å². The van der Waals surface area contributed by atoms with Crippen molar-refractivity contribution in [2.75, 3.05) is 40.1 Å². The van der Waals surface area contributed by atoms with Crippen LogP contribution in [0.3, 0.4) is 0 Å². The van der Waals surface area contributed by atoms with E-state index in [1.54, 1.807) is 19.0 Å². The fourth-order valence-corrected chi connectivity index (χ4v) is 4.51. The predicted molar refractivity (Wildman–Crippen MR) is 132 cm³/mol. The normalized spacial score (nSPS) is 13.7. The molecule has 2 aromatic carbocycles. The first-order valence-electron chi connectivity index (χ1n) is 11.1. The molecule has 0 spiro atoms. The lowest BCUT2D eigenvalue weighted by Gasteiger charge is -2.27. The van der Waals surface area contributed by atoms with Gasteiger partial charge in [0.25, 0.3) is 5.91 Å². The number of rotatable bonds is 4. The van der Waals surface area contributed by atoms with E-state index < -0.39 is 0 Å². The minimum Gasteiger partial charge on any atom is -0.388 e. The fourth-order valence-electron chi connectivity index (χ4n) is 4.51. The Morgan fingerprint density at radius 3 is 2.67 bits per heavy atom. The molecule has 0 atom stereocenters. The highest BCUT2D eigenvalue weighted by Crippen LogP contribution is 2.33. The van der Waals surface area contributed by atoms with Gasteiger partial charge < -0.3 is 20.1 Å². The van der Waals surface area contributed by atoms with Gasteiger partial charge in [-0.05, 0) is 54.4 Å². The van der Waals surface area contributed by atoms with Gasteiger partial charge >= 0.3 is 0 Å². The summed E-state index contributed by atoms with van der Waals surface area (Å²) in [6.07, 6.45) is 4.80. The summed E-state index contributed by atoms with van der Waals surface area (Å²) in [5.74, 6) is -0.0130. The zero-order chi connectivity index (χ0) is 23.1. The molecule has 7 heteroatoms. The van der Waals surface area contributed by atoms with Crippen LogP contribution in [0.25, 0.3) is 33.5 Å².